The van der Waals surface area contributed by atoms with Crippen molar-refractivity contribution in [2.75, 3.05) is 31.3 Å². The van der Waals surface area contributed by atoms with E-state index in [1.807, 2.05) is 32.0 Å². The van der Waals surface area contributed by atoms with E-state index >= 15 is 0 Å². The molecule has 0 spiro atoms. The number of rotatable bonds is 9. The second-order valence-corrected chi connectivity index (χ2v) is 7.95. The molecule has 0 bridgehead atoms. The van der Waals surface area contributed by atoms with Crippen molar-refractivity contribution in [3.63, 3.8) is 0 Å². The third kappa shape index (κ3) is 7.51. The van der Waals surface area contributed by atoms with Crippen molar-refractivity contribution < 1.29 is 23.5 Å². The fourth-order valence-corrected chi connectivity index (χ4v) is 3.43. The van der Waals surface area contributed by atoms with Crippen LogP contribution in [-0.2, 0) is 19.1 Å². The molecule has 8 heteroatoms. The summed E-state index contributed by atoms with van der Waals surface area (Å²) >= 11 is 1.39. The number of nitrogens with zero attached hydrogens (tertiary/aromatic N) is 1. The third-order valence-corrected chi connectivity index (χ3v) is 5.31. The molecule has 6 nitrogen and oxygen atoms in total. The van der Waals surface area contributed by atoms with Gasteiger partial charge in [-0.25, -0.2) is 4.39 Å². The Bertz CT molecular complexity index is 882. The number of para-hydroxylation sites is 1. The van der Waals surface area contributed by atoms with Gasteiger partial charge < -0.3 is 15.0 Å². The number of halogens is 1. The zero-order chi connectivity index (χ0) is 22.1. The highest BCUT2D eigenvalue weighted by atomic mass is 32.2. The van der Waals surface area contributed by atoms with Crippen molar-refractivity contribution in [2.24, 2.45) is 0 Å². The molecule has 1 N–H and O–H groups in total. The van der Waals surface area contributed by atoms with Crippen LogP contribution in [0.25, 0.3) is 0 Å². The topological polar surface area (TPSA) is 75.7 Å². The molecule has 0 atom stereocenters. The lowest BCUT2D eigenvalue weighted by molar-refractivity contribution is -0.151. The molecule has 0 aliphatic rings. The summed E-state index contributed by atoms with van der Waals surface area (Å²) in [6.45, 7) is 3.22. The van der Waals surface area contributed by atoms with E-state index in [-0.39, 0.29) is 24.7 Å². The van der Waals surface area contributed by atoms with Gasteiger partial charge in [0.15, 0.2) is 6.61 Å². The highest BCUT2D eigenvalue weighted by Gasteiger charge is 2.16. The van der Waals surface area contributed by atoms with Gasteiger partial charge in [0.1, 0.15) is 5.82 Å². The molecule has 0 saturated heterocycles. The van der Waals surface area contributed by atoms with Crippen LogP contribution in [0.4, 0.5) is 10.1 Å². The van der Waals surface area contributed by atoms with E-state index in [9.17, 15) is 18.8 Å². The van der Waals surface area contributed by atoms with Crippen molar-refractivity contribution in [2.45, 2.75) is 25.2 Å². The van der Waals surface area contributed by atoms with Crippen molar-refractivity contribution in [1.29, 1.82) is 0 Å². The number of carbonyl (C=O) groups is 3. The first-order valence-electron chi connectivity index (χ1n) is 9.40. The summed E-state index contributed by atoms with van der Waals surface area (Å²) < 4.78 is 17.8. The monoisotopic (exact) mass is 432 g/mol. The quantitative estimate of drug-likeness (QED) is 0.484. The lowest BCUT2D eigenvalue weighted by Crippen LogP contribution is -2.37. The smallest absolute Gasteiger partial charge is 0.307 e. The molecule has 0 radical (unpaired) electrons. The first-order chi connectivity index (χ1) is 14.3. The van der Waals surface area contributed by atoms with Crippen LogP contribution in [0.5, 0.6) is 0 Å². The summed E-state index contributed by atoms with van der Waals surface area (Å²) in [7, 11) is 1.48. The van der Waals surface area contributed by atoms with Crippen molar-refractivity contribution in [3.8, 4) is 0 Å². The molecule has 0 aliphatic carbocycles. The largest absolute Gasteiger partial charge is 0.456 e. The average molecular weight is 433 g/mol. The van der Waals surface area contributed by atoms with Crippen molar-refractivity contribution in [3.05, 3.63) is 59.4 Å². The minimum absolute atomic E-state index is 0.117. The van der Waals surface area contributed by atoms with Crippen LogP contribution < -0.4 is 5.32 Å². The number of esters is 1. The van der Waals surface area contributed by atoms with Gasteiger partial charge in [0.05, 0.1) is 13.0 Å². The maximum atomic E-state index is 12.9. The third-order valence-electron chi connectivity index (χ3n) is 4.30. The summed E-state index contributed by atoms with van der Waals surface area (Å²) in [4.78, 5) is 38.2. The first kappa shape index (κ1) is 23.4. The zero-order valence-electron chi connectivity index (χ0n) is 17.2. The lowest BCUT2D eigenvalue weighted by atomic mass is 10.1. The fourth-order valence-electron chi connectivity index (χ4n) is 2.60. The predicted octanol–water partition coefficient (Wildman–Crippen LogP) is 3.57. The first-order valence-corrected chi connectivity index (χ1v) is 10.4. The number of nitrogens with one attached hydrogen (secondary N) is 1. The molecular formula is C22H25FN2O4S. The zero-order valence-corrected chi connectivity index (χ0v) is 18.1. The average Bonchev–Trinajstić information content (AvgIpc) is 2.70. The maximum Gasteiger partial charge on any atom is 0.307 e. The number of aryl methyl sites for hydroxylation is 2. The van der Waals surface area contributed by atoms with E-state index < -0.39 is 18.5 Å². The summed E-state index contributed by atoms with van der Waals surface area (Å²) in [5.41, 5.74) is 2.60. The molecule has 0 fully saturated rings. The van der Waals surface area contributed by atoms with Gasteiger partial charge in [-0.3, -0.25) is 14.4 Å². The number of hydrogen-bond acceptors (Lipinski definition) is 5. The van der Waals surface area contributed by atoms with E-state index in [1.54, 1.807) is 12.1 Å². The van der Waals surface area contributed by atoms with Crippen LogP contribution >= 0.6 is 11.8 Å². The Hall–Kier alpha value is -2.87. The van der Waals surface area contributed by atoms with Crippen LogP contribution in [0.1, 0.15) is 17.5 Å². The predicted molar refractivity (Wildman–Crippen MR) is 115 cm³/mol. The number of carbonyl (C=O) groups excluding carboxylic acids is 3. The molecule has 2 aromatic carbocycles. The fraction of sp³-hybridized carbons (Fsp3) is 0.318. The van der Waals surface area contributed by atoms with E-state index in [4.69, 9.17) is 4.74 Å². The summed E-state index contributed by atoms with van der Waals surface area (Å²) in [5.74, 6) is -1.17. The number of ether oxygens (including phenoxy) is 1. The van der Waals surface area contributed by atoms with Gasteiger partial charge in [0.2, 0.25) is 5.91 Å². The summed E-state index contributed by atoms with van der Waals surface area (Å²) in [6.07, 6.45) is 0.117. The van der Waals surface area contributed by atoms with Crippen LogP contribution in [0.15, 0.2) is 47.4 Å². The van der Waals surface area contributed by atoms with Crippen molar-refractivity contribution >= 4 is 35.2 Å². The standard InChI is InChI=1S/C22H25FN2O4S/c1-15-5-4-6-16(2)22(15)24-19(26)13-25(3)20(27)14-29-21(28)11-12-30-18-9-7-17(23)8-10-18/h4-10H,11-14H2,1-3H3,(H,24,26). The molecule has 2 aromatic rings. The van der Waals surface area contributed by atoms with Crippen LogP contribution in [0, 0.1) is 19.7 Å². The molecule has 0 unspecified atom stereocenters. The summed E-state index contributed by atoms with van der Waals surface area (Å²) in [6, 6.07) is 11.7. The molecule has 160 valence electrons. The number of anilines is 1. The molecule has 30 heavy (non-hydrogen) atoms. The van der Waals surface area contributed by atoms with Gasteiger partial charge in [-0.2, -0.15) is 0 Å². The minimum atomic E-state index is -0.508. The Morgan fingerprint density at radius 2 is 1.70 bits per heavy atom. The van der Waals surface area contributed by atoms with Gasteiger partial charge in [0, 0.05) is 23.4 Å². The molecular weight excluding hydrogens is 407 g/mol. The van der Waals surface area contributed by atoms with E-state index in [0.717, 1.165) is 21.7 Å². The molecule has 0 heterocycles. The molecule has 0 aromatic heterocycles. The minimum Gasteiger partial charge on any atom is -0.456 e. The van der Waals surface area contributed by atoms with Gasteiger partial charge >= 0.3 is 5.97 Å². The number of thioether (sulfide) groups is 1. The second-order valence-electron chi connectivity index (χ2n) is 6.78. The van der Waals surface area contributed by atoms with E-state index in [2.05, 4.69) is 5.32 Å². The van der Waals surface area contributed by atoms with Gasteiger partial charge in [0.25, 0.3) is 5.91 Å². The molecule has 2 amide bonds. The lowest BCUT2D eigenvalue weighted by Gasteiger charge is -2.18. The maximum absolute atomic E-state index is 12.9. The Morgan fingerprint density at radius 3 is 2.33 bits per heavy atom. The van der Waals surface area contributed by atoms with E-state index in [0.29, 0.717) is 5.75 Å². The number of hydrogen-bond donors (Lipinski definition) is 1. The van der Waals surface area contributed by atoms with Gasteiger partial charge in [-0.05, 0) is 49.2 Å². The van der Waals surface area contributed by atoms with E-state index in [1.165, 1.54) is 35.8 Å². The SMILES string of the molecule is Cc1cccc(C)c1NC(=O)CN(C)C(=O)COC(=O)CCSc1ccc(F)cc1. The Morgan fingerprint density at radius 1 is 1.07 bits per heavy atom. The van der Waals surface area contributed by atoms with Crippen molar-refractivity contribution in [1.82, 2.24) is 4.90 Å². The number of amides is 2. The summed E-state index contributed by atoms with van der Waals surface area (Å²) in [5, 5.41) is 2.81. The molecule has 0 aliphatic heterocycles. The van der Waals surface area contributed by atoms with Crippen LogP contribution in [-0.4, -0.2) is 48.6 Å². The second kappa shape index (κ2) is 11.3. The highest BCUT2D eigenvalue weighted by Crippen LogP contribution is 2.20. The van der Waals surface area contributed by atoms with Gasteiger partial charge in [-0.15, -0.1) is 11.8 Å². The Labute approximate surface area is 179 Å². The van der Waals surface area contributed by atoms with Crippen LogP contribution in [0.2, 0.25) is 0 Å². The van der Waals surface area contributed by atoms with Gasteiger partial charge in [-0.1, -0.05) is 18.2 Å². The molecule has 2 rings (SSSR count). The number of likely N-dealkylation sites (N-methyl/N-ethyl adjacent to an activating group) is 1. The Kier molecular flexibility index (Phi) is 8.86. The van der Waals surface area contributed by atoms with Crippen LogP contribution in [0.3, 0.4) is 0 Å². The Balaban J connectivity index is 1.69. The molecule has 0 saturated carbocycles. The normalized spacial score (nSPS) is 10.4. The number of benzene rings is 2. The highest BCUT2D eigenvalue weighted by molar-refractivity contribution is 7.99.